The van der Waals surface area contributed by atoms with Gasteiger partial charge in [0.25, 0.3) is 0 Å². The quantitative estimate of drug-likeness (QED) is 0.173. The van der Waals surface area contributed by atoms with Crippen molar-refractivity contribution >= 4 is 12.0 Å². The van der Waals surface area contributed by atoms with Gasteiger partial charge in [-0.2, -0.15) is 0 Å². The fourth-order valence-electron chi connectivity index (χ4n) is 4.79. The Morgan fingerprint density at radius 3 is 2.47 bits per heavy atom. The molecule has 7 N–H and O–H groups in total. The molecule has 2 heterocycles. The number of aliphatic hydroxyl groups is 6. The minimum Gasteiger partial charge on any atom is -0.508 e. The lowest BCUT2D eigenvalue weighted by molar-refractivity contribution is -0.351. The summed E-state index contributed by atoms with van der Waals surface area (Å²) >= 11 is 0. The van der Waals surface area contributed by atoms with Gasteiger partial charge in [-0.25, -0.2) is 4.79 Å². The zero-order valence-corrected chi connectivity index (χ0v) is 19.3. The molecule has 2 fully saturated rings. The maximum atomic E-state index is 12.1. The molecule has 1 saturated carbocycles. The van der Waals surface area contributed by atoms with Crippen molar-refractivity contribution < 1.29 is 59.5 Å². The number of ether oxygens (including phenoxy) is 4. The molecule has 0 radical (unpaired) electrons. The van der Waals surface area contributed by atoms with E-state index in [1.165, 1.54) is 31.2 Å². The van der Waals surface area contributed by atoms with Gasteiger partial charge in [0.05, 0.1) is 23.9 Å². The Kier molecular flexibility index (Phi) is 7.42. The van der Waals surface area contributed by atoms with Gasteiger partial charge in [0.2, 0.25) is 6.29 Å². The second-order valence-electron chi connectivity index (χ2n) is 9.45. The first-order valence-electron chi connectivity index (χ1n) is 11.4. The van der Waals surface area contributed by atoms with Crippen LogP contribution < -0.4 is 0 Å². The molecule has 36 heavy (non-hydrogen) atoms. The number of aromatic hydroxyl groups is 1. The third kappa shape index (κ3) is 5.12. The van der Waals surface area contributed by atoms with Gasteiger partial charge in [-0.15, -0.1) is 0 Å². The van der Waals surface area contributed by atoms with Crippen molar-refractivity contribution in [1.29, 1.82) is 0 Å². The van der Waals surface area contributed by atoms with E-state index in [1.807, 2.05) is 0 Å². The smallest absolute Gasteiger partial charge is 0.330 e. The molecular weight excluding hydrogens is 480 g/mol. The first-order chi connectivity index (χ1) is 16.9. The minimum atomic E-state index is -1.87. The SMILES string of the molecule is C[C@]1(O)C[C@@H](O)[C@]2(O)C=CO[C@@H](O[C@@H]3O[C@H](COC(=O)/C=C/c4ccc(O)cc4)[C@@H](O)[C@H](O)[C@H]3O)[C@@H]21. The molecule has 10 atom stereocenters. The van der Waals surface area contributed by atoms with Crippen molar-refractivity contribution in [1.82, 2.24) is 0 Å². The summed E-state index contributed by atoms with van der Waals surface area (Å²) in [4.78, 5) is 12.1. The third-order valence-electron chi connectivity index (χ3n) is 6.76. The van der Waals surface area contributed by atoms with Crippen molar-refractivity contribution in [2.24, 2.45) is 5.92 Å². The molecule has 4 rings (SSSR count). The van der Waals surface area contributed by atoms with E-state index in [9.17, 15) is 40.5 Å². The monoisotopic (exact) mass is 510 g/mol. The summed E-state index contributed by atoms with van der Waals surface area (Å²) in [5.74, 6) is -1.88. The lowest BCUT2D eigenvalue weighted by Crippen LogP contribution is -2.62. The number of aliphatic hydroxyl groups excluding tert-OH is 4. The summed E-state index contributed by atoms with van der Waals surface area (Å²) in [5.41, 5.74) is -2.86. The van der Waals surface area contributed by atoms with Gasteiger partial charge < -0.3 is 54.7 Å². The third-order valence-corrected chi connectivity index (χ3v) is 6.76. The number of phenols is 1. The minimum absolute atomic E-state index is 0.0720. The molecule has 198 valence electrons. The van der Waals surface area contributed by atoms with Gasteiger partial charge in [0, 0.05) is 12.5 Å². The van der Waals surface area contributed by atoms with Crippen LogP contribution in [0.4, 0.5) is 0 Å². The van der Waals surface area contributed by atoms with Crippen molar-refractivity contribution in [2.75, 3.05) is 6.61 Å². The van der Waals surface area contributed by atoms with Crippen LogP contribution in [0.2, 0.25) is 0 Å². The highest BCUT2D eigenvalue weighted by molar-refractivity contribution is 5.87. The Bertz CT molecular complexity index is 991. The molecular formula is C24H30O12. The molecule has 0 bridgehead atoms. The summed E-state index contributed by atoms with van der Waals surface area (Å²) in [6, 6.07) is 6.05. The highest BCUT2D eigenvalue weighted by Crippen LogP contribution is 2.49. The number of carbonyl (C=O) groups excluding carboxylic acids is 1. The van der Waals surface area contributed by atoms with E-state index in [4.69, 9.17) is 18.9 Å². The van der Waals surface area contributed by atoms with Crippen LogP contribution >= 0.6 is 0 Å². The van der Waals surface area contributed by atoms with E-state index in [0.717, 1.165) is 12.3 Å². The number of carbonyl (C=O) groups is 1. The van der Waals surface area contributed by atoms with Crippen molar-refractivity contribution in [2.45, 2.75) is 67.6 Å². The van der Waals surface area contributed by atoms with Crippen molar-refractivity contribution in [3.8, 4) is 5.75 Å². The maximum Gasteiger partial charge on any atom is 0.330 e. The van der Waals surface area contributed by atoms with Gasteiger partial charge in [-0.3, -0.25) is 0 Å². The first-order valence-corrected chi connectivity index (χ1v) is 11.4. The lowest BCUT2D eigenvalue weighted by atomic mass is 9.81. The predicted octanol–water partition coefficient (Wildman–Crippen LogP) is -1.49. The van der Waals surface area contributed by atoms with Crippen LogP contribution in [0, 0.1) is 5.92 Å². The van der Waals surface area contributed by atoms with Crippen LogP contribution in [0.5, 0.6) is 5.75 Å². The lowest BCUT2D eigenvalue weighted by Gasteiger charge is -2.45. The van der Waals surface area contributed by atoms with Gasteiger partial charge in [-0.1, -0.05) is 12.1 Å². The standard InChI is InChI=1S/C24H30O12/c1-23(31)10-15(26)24(32)8-9-33-22(20(23)24)36-21-19(30)18(29)17(28)14(35-21)11-34-16(27)7-4-12-2-5-13(25)6-3-12/h2-9,14-15,17-22,25-26,28-32H,10-11H2,1H3/b7-4+/t14-,15-,17-,18+,19-,20-,21+,22+,23+,24-/m1/s1. The Morgan fingerprint density at radius 1 is 1.08 bits per heavy atom. The van der Waals surface area contributed by atoms with Gasteiger partial charge >= 0.3 is 5.97 Å². The Hall–Kier alpha value is -2.55. The average Bonchev–Trinajstić information content (AvgIpc) is 3.02. The Labute approximate surface area is 206 Å². The first kappa shape index (κ1) is 26.5. The van der Waals surface area contributed by atoms with E-state index in [1.54, 1.807) is 12.1 Å². The predicted molar refractivity (Wildman–Crippen MR) is 120 cm³/mol. The topological polar surface area (TPSA) is 196 Å². The Morgan fingerprint density at radius 2 is 1.78 bits per heavy atom. The molecule has 1 aliphatic carbocycles. The second kappa shape index (κ2) is 10.1. The highest BCUT2D eigenvalue weighted by Gasteiger charge is 2.64. The van der Waals surface area contributed by atoms with Gasteiger partial charge in [-0.05, 0) is 36.8 Å². The van der Waals surface area contributed by atoms with Crippen molar-refractivity contribution in [3.05, 3.63) is 48.2 Å². The number of phenolic OH excluding ortho intramolecular Hbond substituents is 1. The Balaban J connectivity index is 1.40. The highest BCUT2D eigenvalue weighted by atomic mass is 16.8. The molecule has 1 saturated heterocycles. The summed E-state index contributed by atoms with van der Waals surface area (Å²) in [6.07, 6.45) is -6.05. The number of hydrogen-bond acceptors (Lipinski definition) is 12. The number of fused-ring (bicyclic) bond motifs is 1. The van der Waals surface area contributed by atoms with E-state index in [-0.39, 0.29) is 12.2 Å². The molecule has 0 amide bonds. The molecule has 2 aliphatic heterocycles. The largest absolute Gasteiger partial charge is 0.508 e. The molecule has 0 spiro atoms. The molecule has 0 aromatic heterocycles. The molecule has 0 unspecified atom stereocenters. The van der Waals surface area contributed by atoms with E-state index in [2.05, 4.69) is 0 Å². The molecule has 3 aliphatic rings. The van der Waals surface area contributed by atoms with Crippen molar-refractivity contribution in [3.63, 3.8) is 0 Å². The molecule has 12 nitrogen and oxygen atoms in total. The van der Waals surface area contributed by atoms with E-state index in [0.29, 0.717) is 5.56 Å². The van der Waals surface area contributed by atoms with E-state index >= 15 is 0 Å². The molecule has 1 aromatic rings. The maximum absolute atomic E-state index is 12.1. The normalized spacial score (nSPS) is 42.2. The summed E-state index contributed by atoms with van der Waals surface area (Å²) in [6.45, 7) is 0.890. The summed E-state index contributed by atoms with van der Waals surface area (Å²) < 4.78 is 21.7. The fourth-order valence-corrected chi connectivity index (χ4v) is 4.79. The van der Waals surface area contributed by atoms with Crippen LogP contribution in [0.1, 0.15) is 18.9 Å². The molecule has 1 aromatic carbocycles. The number of hydrogen-bond donors (Lipinski definition) is 7. The zero-order valence-electron chi connectivity index (χ0n) is 19.3. The van der Waals surface area contributed by atoms with Crippen LogP contribution in [-0.4, -0.2) is 103 Å². The van der Waals surface area contributed by atoms with Crippen LogP contribution in [0.3, 0.4) is 0 Å². The van der Waals surface area contributed by atoms with Crippen LogP contribution in [0.25, 0.3) is 6.08 Å². The number of esters is 1. The number of rotatable bonds is 6. The van der Waals surface area contributed by atoms with Gasteiger partial charge in [0.1, 0.15) is 42.4 Å². The van der Waals surface area contributed by atoms with Crippen LogP contribution in [-0.2, 0) is 23.7 Å². The number of benzene rings is 1. The summed E-state index contributed by atoms with van der Waals surface area (Å²) in [7, 11) is 0. The second-order valence-corrected chi connectivity index (χ2v) is 9.45. The van der Waals surface area contributed by atoms with Crippen LogP contribution in [0.15, 0.2) is 42.7 Å². The van der Waals surface area contributed by atoms with E-state index < -0.39 is 72.8 Å². The average molecular weight is 510 g/mol. The zero-order chi connectivity index (χ0) is 26.3. The fraction of sp³-hybridized carbons (Fsp3) is 0.542. The summed E-state index contributed by atoms with van der Waals surface area (Å²) in [5, 5.41) is 72.2. The van der Waals surface area contributed by atoms with Gasteiger partial charge in [0.15, 0.2) is 6.29 Å². The molecule has 12 heteroatoms.